The first-order valence-corrected chi connectivity index (χ1v) is 7.41. The van der Waals surface area contributed by atoms with E-state index in [1.807, 2.05) is 0 Å². The normalized spacial score (nSPS) is 29.8. The summed E-state index contributed by atoms with van der Waals surface area (Å²) in [6.07, 6.45) is 6.47. The molecule has 1 aliphatic carbocycles. The van der Waals surface area contributed by atoms with Crippen LogP contribution in [0.5, 0.6) is 0 Å². The van der Waals surface area contributed by atoms with Crippen molar-refractivity contribution in [1.82, 2.24) is 5.32 Å². The summed E-state index contributed by atoms with van der Waals surface area (Å²) in [5, 5.41) is 3.36. The van der Waals surface area contributed by atoms with E-state index in [1.54, 1.807) is 0 Å². The van der Waals surface area contributed by atoms with Gasteiger partial charge in [-0.3, -0.25) is 4.79 Å². The van der Waals surface area contributed by atoms with Crippen LogP contribution >= 0.6 is 0 Å². The van der Waals surface area contributed by atoms with Crippen LogP contribution in [-0.4, -0.2) is 17.9 Å². The Hall–Kier alpha value is -1.29. The molecule has 2 aliphatic rings. The fraction of sp³-hybridized carbons (Fsp3) is 0.562. The molecule has 1 aromatic rings. The van der Waals surface area contributed by atoms with Gasteiger partial charge in [-0.15, -0.1) is 0 Å². The van der Waals surface area contributed by atoms with E-state index >= 15 is 0 Å². The zero-order valence-electron chi connectivity index (χ0n) is 11.4. The van der Waals surface area contributed by atoms with Crippen LogP contribution in [-0.2, 0) is 0 Å². The van der Waals surface area contributed by atoms with Crippen LogP contribution in [0.25, 0.3) is 0 Å². The van der Waals surface area contributed by atoms with Gasteiger partial charge >= 0.3 is 0 Å². The van der Waals surface area contributed by atoms with E-state index < -0.39 is 11.6 Å². The summed E-state index contributed by atoms with van der Waals surface area (Å²) >= 11 is 0. The highest BCUT2D eigenvalue weighted by Gasteiger charge is 2.35. The first-order valence-electron chi connectivity index (χ1n) is 7.41. The number of carbonyl (C=O) groups excluding carboxylic acids is 1. The van der Waals surface area contributed by atoms with Gasteiger partial charge in [-0.05, 0) is 43.7 Å². The van der Waals surface area contributed by atoms with Gasteiger partial charge in [0.25, 0.3) is 0 Å². The fourth-order valence-electron chi connectivity index (χ4n) is 3.58. The minimum Gasteiger partial charge on any atom is -0.304 e. The Morgan fingerprint density at radius 3 is 2.75 bits per heavy atom. The Morgan fingerprint density at radius 1 is 1.10 bits per heavy atom. The third-order valence-electron chi connectivity index (χ3n) is 4.68. The molecule has 3 unspecified atom stereocenters. The maximum atomic E-state index is 13.7. The predicted octanol–water partition coefficient (Wildman–Crippen LogP) is 3.46. The Kier molecular flexibility index (Phi) is 3.83. The summed E-state index contributed by atoms with van der Waals surface area (Å²) < 4.78 is 26.9. The minimum absolute atomic E-state index is 0.128. The number of benzene rings is 1. The number of fused-ring (bicyclic) bond motifs is 1. The highest BCUT2D eigenvalue weighted by atomic mass is 19.2. The lowest BCUT2D eigenvalue weighted by molar-refractivity contribution is 0.0856. The van der Waals surface area contributed by atoms with Gasteiger partial charge in [0.05, 0.1) is 11.6 Å². The van der Waals surface area contributed by atoms with Gasteiger partial charge in [-0.2, -0.15) is 0 Å². The molecule has 20 heavy (non-hydrogen) atoms. The third kappa shape index (κ3) is 2.49. The van der Waals surface area contributed by atoms with Crippen LogP contribution in [0.15, 0.2) is 18.2 Å². The molecule has 3 rings (SSSR count). The van der Waals surface area contributed by atoms with E-state index in [2.05, 4.69) is 5.32 Å². The number of Topliss-reactive ketones (excluding diaryl/α,β-unsaturated/α-hetero) is 1. The molecule has 1 aromatic carbocycles. The molecular weight excluding hydrogens is 260 g/mol. The average Bonchev–Trinajstić information content (AvgIpc) is 2.49. The second-order valence-electron chi connectivity index (χ2n) is 5.91. The second-order valence-corrected chi connectivity index (χ2v) is 5.91. The van der Waals surface area contributed by atoms with Crippen molar-refractivity contribution in [3.8, 4) is 0 Å². The molecule has 2 nitrogen and oxygen atoms in total. The Labute approximate surface area is 117 Å². The molecule has 1 N–H and O–H groups in total. The first-order chi connectivity index (χ1) is 9.66. The van der Waals surface area contributed by atoms with Gasteiger partial charge < -0.3 is 5.32 Å². The topological polar surface area (TPSA) is 29.1 Å². The standard InChI is InChI=1S/C16H19F2NO/c17-12-6-3-5-11(15(12)18)16(20)14-9-8-10-4-1-2-7-13(10)19-14/h3,5-6,10,13-14,19H,1-2,4,7-9H2. The first kappa shape index (κ1) is 13.7. The molecule has 3 atom stereocenters. The molecular formula is C16H19F2NO. The quantitative estimate of drug-likeness (QED) is 0.840. The van der Waals surface area contributed by atoms with E-state index in [4.69, 9.17) is 0 Å². The van der Waals surface area contributed by atoms with E-state index in [1.165, 1.54) is 31.4 Å². The van der Waals surface area contributed by atoms with Crippen LogP contribution in [0.4, 0.5) is 8.78 Å². The third-order valence-corrected chi connectivity index (χ3v) is 4.68. The van der Waals surface area contributed by atoms with Crippen molar-refractivity contribution >= 4 is 5.78 Å². The second kappa shape index (κ2) is 5.60. The number of rotatable bonds is 2. The van der Waals surface area contributed by atoms with Crippen molar-refractivity contribution in [2.24, 2.45) is 5.92 Å². The Balaban J connectivity index is 1.76. The molecule has 1 saturated heterocycles. The molecule has 1 aliphatic heterocycles. The molecule has 2 fully saturated rings. The largest absolute Gasteiger partial charge is 0.304 e. The van der Waals surface area contributed by atoms with Gasteiger partial charge in [-0.25, -0.2) is 8.78 Å². The highest BCUT2D eigenvalue weighted by molar-refractivity contribution is 6.00. The highest BCUT2D eigenvalue weighted by Crippen LogP contribution is 2.33. The summed E-state index contributed by atoms with van der Waals surface area (Å²) in [4.78, 5) is 12.4. The van der Waals surface area contributed by atoms with Gasteiger partial charge in [0.1, 0.15) is 0 Å². The van der Waals surface area contributed by atoms with Crippen molar-refractivity contribution in [3.05, 3.63) is 35.4 Å². The van der Waals surface area contributed by atoms with Gasteiger partial charge in [0.15, 0.2) is 17.4 Å². The molecule has 1 saturated carbocycles. The maximum Gasteiger partial charge on any atom is 0.182 e. The molecule has 0 aromatic heterocycles. The van der Waals surface area contributed by atoms with Gasteiger partial charge in [-0.1, -0.05) is 18.9 Å². The minimum atomic E-state index is -1.02. The number of carbonyl (C=O) groups is 1. The van der Waals surface area contributed by atoms with Crippen molar-refractivity contribution in [2.45, 2.75) is 50.6 Å². The van der Waals surface area contributed by atoms with Crippen LogP contribution in [0.2, 0.25) is 0 Å². The zero-order valence-corrected chi connectivity index (χ0v) is 11.4. The van der Waals surface area contributed by atoms with Crippen molar-refractivity contribution in [3.63, 3.8) is 0 Å². The Bertz CT molecular complexity index is 517. The van der Waals surface area contributed by atoms with E-state index in [0.29, 0.717) is 12.0 Å². The smallest absolute Gasteiger partial charge is 0.182 e. The van der Waals surface area contributed by atoms with Crippen LogP contribution in [0.3, 0.4) is 0 Å². The summed E-state index contributed by atoms with van der Waals surface area (Å²) in [7, 11) is 0. The molecule has 0 spiro atoms. The molecule has 0 bridgehead atoms. The van der Waals surface area contributed by atoms with Gasteiger partial charge in [0, 0.05) is 6.04 Å². The summed E-state index contributed by atoms with van der Waals surface area (Å²) in [6.45, 7) is 0. The SMILES string of the molecule is O=C(c1cccc(F)c1F)C1CCC2CCCCC2N1. The van der Waals surface area contributed by atoms with E-state index in [0.717, 1.165) is 25.3 Å². The maximum absolute atomic E-state index is 13.7. The molecule has 1 heterocycles. The number of hydrogen-bond donors (Lipinski definition) is 1. The predicted molar refractivity (Wildman–Crippen MR) is 72.6 cm³/mol. The monoisotopic (exact) mass is 279 g/mol. The van der Waals surface area contributed by atoms with E-state index in [-0.39, 0.29) is 17.4 Å². The van der Waals surface area contributed by atoms with E-state index in [9.17, 15) is 13.6 Å². The summed E-state index contributed by atoms with van der Waals surface area (Å²) in [5.41, 5.74) is -0.128. The van der Waals surface area contributed by atoms with Crippen molar-refractivity contribution < 1.29 is 13.6 Å². The molecule has 0 radical (unpaired) electrons. The number of hydrogen-bond acceptors (Lipinski definition) is 2. The lowest BCUT2D eigenvalue weighted by Gasteiger charge is -2.40. The van der Waals surface area contributed by atoms with Crippen LogP contribution < -0.4 is 5.32 Å². The molecule has 4 heteroatoms. The number of piperidine rings is 1. The lowest BCUT2D eigenvalue weighted by Crippen LogP contribution is -2.52. The van der Waals surface area contributed by atoms with Crippen molar-refractivity contribution in [2.75, 3.05) is 0 Å². The van der Waals surface area contributed by atoms with Crippen molar-refractivity contribution in [1.29, 1.82) is 0 Å². The molecule has 108 valence electrons. The fourth-order valence-corrected chi connectivity index (χ4v) is 3.58. The van der Waals surface area contributed by atoms with Crippen LogP contribution in [0, 0.1) is 17.6 Å². The zero-order chi connectivity index (χ0) is 14.1. The number of halogens is 2. The lowest BCUT2D eigenvalue weighted by atomic mass is 9.77. The number of nitrogens with one attached hydrogen (secondary N) is 1. The number of ketones is 1. The molecule has 0 amide bonds. The summed E-state index contributed by atoms with van der Waals surface area (Å²) in [5.74, 6) is -1.65. The Morgan fingerprint density at radius 2 is 1.90 bits per heavy atom. The summed E-state index contributed by atoms with van der Waals surface area (Å²) in [6, 6.07) is 3.79. The van der Waals surface area contributed by atoms with Gasteiger partial charge in [0.2, 0.25) is 0 Å². The van der Waals surface area contributed by atoms with Crippen LogP contribution in [0.1, 0.15) is 48.9 Å². The average molecular weight is 279 g/mol.